The van der Waals surface area contributed by atoms with E-state index in [0.717, 1.165) is 23.1 Å². The molecule has 2 aromatic heterocycles. The molecular formula is C25H28F3N5O. The first-order valence-corrected chi connectivity index (χ1v) is 11.7. The quantitative estimate of drug-likeness (QED) is 0.472. The fourth-order valence-electron chi connectivity index (χ4n) is 4.92. The van der Waals surface area contributed by atoms with Crippen LogP contribution in [0.5, 0.6) is 0 Å². The van der Waals surface area contributed by atoms with E-state index in [1.807, 2.05) is 30.3 Å². The van der Waals surface area contributed by atoms with Crippen molar-refractivity contribution in [3.05, 3.63) is 71.3 Å². The molecule has 3 aromatic rings. The summed E-state index contributed by atoms with van der Waals surface area (Å²) in [6.45, 7) is 0. The van der Waals surface area contributed by atoms with Crippen LogP contribution in [-0.4, -0.2) is 25.7 Å². The summed E-state index contributed by atoms with van der Waals surface area (Å²) in [5.41, 5.74) is 4.65. The number of primary amides is 1. The maximum absolute atomic E-state index is 13.8. The number of hydrogen-bond donors (Lipinski definition) is 1. The maximum Gasteiger partial charge on any atom is 0.436 e. The van der Waals surface area contributed by atoms with Crippen molar-refractivity contribution >= 4 is 5.91 Å². The molecule has 6 nitrogen and oxygen atoms in total. The van der Waals surface area contributed by atoms with E-state index >= 15 is 0 Å². The predicted molar refractivity (Wildman–Crippen MR) is 121 cm³/mol. The highest BCUT2D eigenvalue weighted by atomic mass is 19.4. The second-order valence-corrected chi connectivity index (χ2v) is 8.89. The van der Waals surface area contributed by atoms with Crippen LogP contribution in [0, 0.1) is 5.92 Å². The molecular weight excluding hydrogens is 443 g/mol. The molecule has 180 valence electrons. The monoisotopic (exact) mass is 471 g/mol. The summed E-state index contributed by atoms with van der Waals surface area (Å²) in [7, 11) is 0. The van der Waals surface area contributed by atoms with E-state index in [2.05, 4.69) is 15.1 Å². The van der Waals surface area contributed by atoms with Gasteiger partial charge in [-0.05, 0) is 42.7 Å². The zero-order valence-electron chi connectivity index (χ0n) is 18.8. The molecule has 1 amide bonds. The van der Waals surface area contributed by atoms with Crippen LogP contribution in [0.1, 0.15) is 78.2 Å². The molecule has 0 radical (unpaired) electrons. The molecule has 1 saturated carbocycles. The first kappa shape index (κ1) is 23.9. The van der Waals surface area contributed by atoms with Gasteiger partial charge in [0, 0.05) is 12.4 Å². The van der Waals surface area contributed by atoms with E-state index in [9.17, 15) is 18.0 Å². The lowest BCUT2D eigenvalue weighted by molar-refractivity contribution is -0.141. The van der Waals surface area contributed by atoms with E-state index in [0.29, 0.717) is 5.92 Å². The standard InChI is InChI=1S/C25H28F3N5O/c26-25(27,28)22-21(23(29)34)20(33(32-22)24-30-14-7-15-31-24)16-19(18-10-5-2-6-11-18)13-12-17-8-3-1-4-9-17/h2,5-7,10-11,14-15,17,19H,1,3-4,8-9,12-13,16H2,(H2,29,34). The Hall–Kier alpha value is -3.23. The Morgan fingerprint density at radius 2 is 1.74 bits per heavy atom. The molecule has 1 fully saturated rings. The van der Waals surface area contributed by atoms with E-state index in [4.69, 9.17) is 5.73 Å². The summed E-state index contributed by atoms with van der Waals surface area (Å²) >= 11 is 0. The van der Waals surface area contributed by atoms with Crippen molar-refractivity contribution in [3.63, 3.8) is 0 Å². The lowest BCUT2D eigenvalue weighted by Gasteiger charge is -2.25. The number of halogens is 3. The number of nitrogens with two attached hydrogens (primary N) is 1. The fraction of sp³-hybridized carbons (Fsp3) is 0.440. The maximum atomic E-state index is 13.8. The largest absolute Gasteiger partial charge is 0.436 e. The molecule has 2 N–H and O–H groups in total. The SMILES string of the molecule is NC(=O)c1c(C(F)(F)F)nn(-c2ncccn2)c1CC(CCC1CCCCC1)c1ccccc1. The second-order valence-electron chi connectivity index (χ2n) is 8.89. The van der Waals surface area contributed by atoms with Crippen molar-refractivity contribution in [2.45, 2.75) is 63.5 Å². The fourth-order valence-corrected chi connectivity index (χ4v) is 4.92. The van der Waals surface area contributed by atoms with E-state index in [1.54, 1.807) is 6.07 Å². The molecule has 1 aliphatic rings. The Bertz CT molecular complexity index is 1090. The molecule has 1 unspecified atom stereocenters. The number of hydrogen-bond acceptors (Lipinski definition) is 4. The van der Waals surface area contributed by atoms with Crippen molar-refractivity contribution in [2.75, 3.05) is 0 Å². The Kier molecular flexibility index (Phi) is 7.29. The van der Waals surface area contributed by atoms with Gasteiger partial charge in [-0.25, -0.2) is 14.6 Å². The Balaban J connectivity index is 1.76. The minimum atomic E-state index is -4.84. The van der Waals surface area contributed by atoms with Gasteiger partial charge in [-0.2, -0.15) is 18.3 Å². The van der Waals surface area contributed by atoms with Crippen LogP contribution in [0.4, 0.5) is 13.2 Å². The van der Waals surface area contributed by atoms with E-state index in [1.165, 1.54) is 44.5 Å². The Morgan fingerprint density at radius 3 is 2.35 bits per heavy atom. The van der Waals surface area contributed by atoms with Gasteiger partial charge in [0.1, 0.15) is 0 Å². The molecule has 0 saturated heterocycles. The number of aromatic nitrogens is 4. The van der Waals surface area contributed by atoms with E-state index < -0.39 is 23.3 Å². The van der Waals surface area contributed by atoms with Crippen LogP contribution in [0.3, 0.4) is 0 Å². The number of benzene rings is 1. The van der Waals surface area contributed by atoms with Crippen molar-refractivity contribution in [3.8, 4) is 5.95 Å². The average Bonchev–Trinajstić information content (AvgIpc) is 3.23. The number of amides is 1. The molecule has 2 heterocycles. The zero-order chi connectivity index (χ0) is 24.1. The third kappa shape index (κ3) is 5.46. The van der Waals surface area contributed by atoms with Crippen LogP contribution in [-0.2, 0) is 12.6 Å². The van der Waals surface area contributed by atoms with Crippen LogP contribution >= 0.6 is 0 Å². The summed E-state index contributed by atoms with van der Waals surface area (Å²) in [6, 6.07) is 11.2. The average molecular weight is 472 g/mol. The molecule has 4 rings (SSSR count). The number of nitrogens with zero attached hydrogens (tertiary/aromatic N) is 4. The minimum Gasteiger partial charge on any atom is -0.365 e. The topological polar surface area (TPSA) is 86.7 Å². The van der Waals surface area contributed by atoms with Crippen molar-refractivity contribution in [1.82, 2.24) is 19.7 Å². The number of carbonyl (C=O) groups is 1. The highest BCUT2D eigenvalue weighted by Gasteiger charge is 2.42. The van der Waals surface area contributed by atoms with Gasteiger partial charge < -0.3 is 5.73 Å². The molecule has 1 atom stereocenters. The van der Waals surface area contributed by atoms with Gasteiger partial charge in [-0.1, -0.05) is 62.4 Å². The van der Waals surface area contributed by atoms with Crippen molar-refractivity contribution in [2.24, 2.45) is 11.7 Å². The number of carbonyl (C=O) groups excluding carboxylic acids is 1. The number of rotatable bonds is 8. The first-order chi connectivity index (χ1) is 16.3. The predicted octanol–water partition coefficient (Wildman–Crippen LogP) is 5.47. The van der Waals surface area contributed by atoms with Crippen molar-refractivity contribution in [1.29, 1.82) is 0 Å². The Labute approximate surface area is 196 Å². The smallest absolute Gasteiger partial charge is 0.365 e. The van der Waals surface area contributed by atoms with Gasteiger partial charge >= 0.3 is 6.18 Å². The van der Waals surface area contributed by atoms with Crippen LogP contribution in [0.25, 0.3) is 5.95 Å². The molecule has 0 spiro atoms. The Morgan fingerprint density at radius 1 is 1.06 bits per heavy atom. The molecule has 34 heavy (non-hydrogen) atoms. The lowest BCUT2D eigenvalue weighted by atomic mass is 9.81. The highest BCUT2D eigenvalue weighted by molar-refractivity contribution is 5.95. The van der Waals surface area contributed by atoms with Gasteiger partial charge in [0.25, 0.3) is 11.9 Å². The van der Waals surface area contributed by atoms with Gasteiger partial charge in [0.15, 0.2) is 5.69 Å². The summed E-state index contributed by atoms with van der Waals surface area (Å²) in [4.78, 5) is 20.4. The molecule has 0 aliphatic heterocycles. The highest BCUT2D eigenvalue weighted by Crippen LogP contribution is 2.37. The lowest BCUT2D eigenvalue weighted by Crippen LogP contribution is -2.20. The minimum absolute atomic E-state index is 0.0328. The van der Waals surface area contributed by atoms with Gasteiger partial charge in [-0.15, -0.1) is 0 Å². The van der Waals surface area contributed by atoms with E-state index in [-0.39, 0.29) is 24.0 Å². The molecule has 1 aromatic carbocycles. The third-order valence-electron chi connectivity index (χ3n) is 6.60. The molecule has 0 bridgehead atoms. The van der Waals surface area contributed by atoms with Crippen molar-refractivity contribution < 1.29 is 18.0 Å². The second kappa shape index (κ2) is 10.4. The third-order valence-corrected chi connectivity index (χ3v) is 6.60. The van der Waals surface area contributed by atoms with Crippen LogP contribution in [0.15, 0.2) is 48.8 Å². The molecule has 1 aliphatic carbocycles. The number of alkyl halides is 3. The summed E-state index contributed by atoms with van der Waals surface area (Å²) < 4.78 is 42.6. The summed E-state index contributed by atoms with van der Waals surface area (Å²) in [6.07, 6.45) is 5.99. The first-order valence-electron chi connectivity index (χ1n) is 11.7. The van der Waals surface area contributed by atoms with Gasteiger partial charge in [-0.3, -0.25) is 4.79 Å². The normalized spacial score (nSPS) is 15.9. The van der Waals surface area contributed by atoms with Gasteiger partial charge in [0.2, 0.25) is 0 Å². The van der Waals surface area contributed by atoms with Crippen LogP contribution < -0.4 is 5.73 Å². The summed E-state index contributed by atoms with van der Waals surface area (Å²) in [5, 5.41) is 3.74. The zero-order valence-corrected chi connectivity index (χ0v) is 18.8. The molecule has 9 heteroatoms. The van der Waals surface area contributed by atoms with Crippen LogP contribution in [0.2, 0.25) is 0 Å². The van der Waals surface area contributed by atoms with Gasteiger partial charge in [0.05, 0.1) is 11.3 Å². The summed E-state index contributed by atoms with van der Waals surface area (Å²) in [5.74, 6) is -0.691.